The van der Waals surface area contributed by atoms with Crippen LogP contribution in [-0.4, -0.2) is 48.6 Å². The van der Waals surface area contributed by atoms with Crippen LogP contribution >= 0.6 is 0 Å². The van der Waals surface area contributed by atoms with Crippen LogP contribution < -0.4 is 10.6 Å². The summed E-state index contributed by atoms with van der Waals surface area (Å²) in [5.41, 5.74) is 2.05. The van der Waals surface area contributed by atoms with Gasteiger partial charge in [-0.1, -0.05) is 43.7 Å². The summed E-state index contributed by atoms with van der Waals surface area (Å²) in [4.78, 5) is 11.5. The molecule has 0 spiro atoms. The quantitative estimate of drug-likeness (QED) is 0.651. The Labute approximate surface area is 145 Å². The molecule has 0 amide bonds. The van der Waals surface area contributed by atoms with Crippen molar-refractivity contribution in [1.29, 1.82) is 0 Å². The number of benzene rings is 1. The van der Waals surface area contributed by atoms with Crippen LogP contribution in [0.15, 0.2) is 36.4 Å². The van der Waals surface area contributed by atoms with Crippen LogP contribution in [0.25, 0.3) is 11.3 Å². The second-order valence-electron chi connectivity index (χ2n) is 6.19. The smallest absolute Gasteiger partial charge is 0.225 e. The van der Waals surface area contributed by atoms with Crippen molar-refractivity contribution in [3.05, 3.63) is 36.4 Å². The summed E-state index contributed by atoms with van der Waals surface area (Å²) in [5.74, 6) is 1.57. The molecule has 2 aromatic rings. The molecule has 24 heavy (non-hydrogen) atoms. The molecule has 0 unspecified atom stereocenters. The third kappa shape index (κ3) is 6.16. The standard InChI is InChI=1S/C19H29N5/c1-4-5-12-20-18-15-17(16-10-7-6-8-11-16)22-19(23-18)21-13-9-14-24(2)3/h6-8,10-11,15H,4-5,9,12-14H2,1-3H3,(H2,20,21,22,23). The number of hydrogen-bond donors (Lipinski definition) is 2. The van der Waals surface area contributed by atoms with Gasteiger partial charge in [0, 0.05) is 24.7 Å². The summed E-state index contributed by atoms with van der Waals surface area (Å²) in [6.45, 7) is 5.04. The Morgan fingerprint density at radius 2 is 1.71 bits per heavy atom. The van der Waals surface area contributed by atoms with Gasteiger partial charge in [-0.25, -0.2) is 4.98 Å². The molecule has 1 aromatic heterocycles. The fraction of sp³-hybridized carbons (Fsp3) is 0.474. The summed E-state index contributed by atoms with van der Waals surface area (Å²) in [5, 5.41) is 6.76. The molecule has 0 aliphatic carbocycles. The molecular formula is C19H29N5. The maximum absolute atomic E-state index is 4.67. The van der Waals surface area contributed by atoms with Crippen molar-refractivity contribution < 1.29 is 0 Å². The number of nitrogens with one attached hydrogen (secondary N) is 2. The van der Waals surface area contributed by atoms with Crippen molar-refractivity contribution in [1.82, 2.24) is 14.9 Å². The van der Waals surface area contributed by atoms with E-state index in [0.717, 1.165) is 49.6 Å². The molecule has 5 heteroatoms. The van der Waals surface area contributed by atoms with Gasteiger partial charge in [-0.05, 0) is 33.5 Å². The molecular weight excluding hydrogens is 298 g/mol. The van der Waals surface area contributed by atoms with Crippen molar-refractivity contribution in [2.45, 2.75) is 26.2 Å². The minimum Gasteiger partial charge on any atom is -0.370 e. The monoisotopic (exact) mass is 327 g/mol. The first-order chi connectivity index (χ1) is 11.7. The van der Waals surface area contributed by atoms with E-state index in [1.54, 1.807) is 0 Å². The van der Waals surface area contributed by atoms with Crippen molar-refractivity contribution in [3.63, 3.8) is 0 Å². The van der Waals surface area contributed by atoms with Gasteiger partial charge >= 0.3 is 0 Å². The molecule has 2 rings (SSSR count). The summed E-state index contributed by atoms with van der Waals surface area (Å²) in [6.07, 6.45) is 3.36. The van der Waals surface area contributed by atoms with Gasteiger partial charge in [-0.3, -0.25) is 0 Å². The van der Waals surface area contributed by atoms with Crippen molar-refractivity contribution in [2.24, 2.45) is 0 Å². The number of rotatable bonds is 10. The van der Waals surface area contributed by atoms with E-state index in [-0.39, 0.29) is 0 Å². The van der Waals surface area contributed by atoms with Gasteiger partial charge < -0.3 is 15.5 Å². The van der Waals surface area contributed by atoms with E-state index in [9.17, 15) is 0 Å². The van der Waals surface area contributed by atoms with Crippen LogP contribution in [0.4, 0.5) is 11.8 Å². The second-order valence-corrected chi connectivity index (χ2v) is 6.19. The minimum atomic E-state index is 0.689. The summed E-state index contributed by atoms with van der Waals surface area (Å²) in [7, 11) is 4.17. The average Bonchev–Trinajstić information content (AvgIpc) is 2.59. The molecule has 0 fully saturated rings. The Bertz CT molecular complexity index is 598. The van der Waals surface area contributed by atoms with E-state index < -0.39 is 0 Å². The Balaban J connectivity index is 2.11. The van der Waals surface area contributed by atoms with E-state index in [4.69, 9.17) is 0 Å². The fourth-order valence-electron chi connectivity index (χ4n) is 2.36. The maximum Gasteiger partial charge on any atom is 0.225 e. The topological polar surface area (TPSA) is 53.1 Å². The van der Waals surface area contributed by atoms with Gasteiger partial charge in [0.2, 0.25) is 5.95 Å². The molecule has 0 aliphatic rings. The van der Waals surface area contributed by atoms with Crippen molar-refractivity contribution in [2.75, 3.05) is 44.4 Å². The molecule has 0 atom stereocenters. The van der Waals surface area contributed by atoms with Crippen LogP contribution in [0.2, 0.25) is 0 Å². The van der Waals surface area contributed by atoms with Gasteiger partial charge in [0.25, 0.3) is 0 Å². The largest absolute Gasteiger partial charge is 0.370 e. The molecule has 2 N–H and O–H groups in total. The van der Waals surface area contributed by atoms with Crippen LogP contribution in [0.1, 0.15) is 26.2 Å². The Morgan fingerprint density at radius 3 is 2.42 bits per heavy atom. The number of nitrogens with zero attached hydrogens (tertiary/aromatic N) is 3. The second kappa shape index (κ2) is 9.88. The lowest BCUT2D eigenvalue weighted by Gasteiger charge is -2.12. The number of unbranched alkanes of at least 4 members (excludes halogenated alkanes) is 1. The molecule has 0 radical (unpaired) electrons. The van der Waals surface area contributed by atoms with Crippen molar-refractivity contribution in [3.8, 4) is 11.3 Å². The van der Waals surface area contributed by atoms with Gasteiger partial charge in [0.15, 0.2) is 0 Å². The van der Waals surface area contributed by atoms with Gasteiger partial charge in [-0.2, -0.15) is 4.98 Å². The average molecular weight is 327 g/mol. The Kier molecular flexibility index (Phi) is 7.49. The first-order valence-electron chi connectivity index (χ1n) is 8.76. The van der Waals surface area contributed by atoms with Gasteiger partial charge in [0.1, 0.15) is 5.82 Å². The highest BCUT2D eigenvalue weighted by molar-refractivity contribution is 5.64. The van der Waals surface area contributed by atoms with Crippen molar-refractivity contribution >= 4 is 11.8 Å². The summed E-state index contributed by atoms with van der Waals surface area (Å²) >= 11 is 0. The highest BCUT2D eigenvalue weighted by Crippen LogP contribution is 2.21. The van der Waals surface area contributed by atoms with Crippen LogP contribution in [0.3, 0.4) is 0 Å². The minimum absolute atomic E-state index is 0.689. The first kappa shape index (κ1) is 18.2. The third-order valence-corrected chi connectivity index (χ3v) is 3.70. The Morgan fingerprint density at radius 1 is 0.958 bits per heavy atom. The van der Waals surface area contributed by atoms with E-state index in [2.05, 4.69) is 58.7 Å². The summed E-state index contributed by atoms with van der Waals surface area (Å²) < 4.78 is 0. The van der Waals surface area contributed by atoms with E-state index >= 15 is 0 Å². The lowest BCUT2D eigenvalue weighted by atomic mass is 10.1. The first-order valence-corrected chi connectivity index (χ1v) is 8.76. The van der Waals surface area contributed by atoms with Gasteiger partial charge in [0.05, 0.1) is 5.69 Å². The number of aromatic nitrogens is 2. The Hall–Kier alpha value is -2.14. The van der Waals surface area contributed by atoms with E-state index in [1.165, 1.54) is 6.42 Å². The predicted octanol–water partition coefficient (Wildman–Crippen LogP) is 3.72. The lowest BCUT2D eigenvalue weighted by Crippen LogP contribution is -2.17. The predicted molar refractivity (Wildman–Crippen MR) is 103 cm³/mol. The fourth-order valence-corrected chi connectivity index (χ4v) is 2.36. The third-order valence-electron chi connectivity index (χ3n) is 3.70. The summed E-state index contributed by atoms with van der Waals surface area (Å²) in [6, 6.07) is 12.3. The normalized spacial score (nSPS) is 10.8. The maximum atomic E-state index is 4.67. The zero-order valence-electron chi connectivity index (χ0n) is 15.0. The molecule has 130 valence electrons. The highest BCUT2D eigenvalue weighted by Gasteiger charge is 2.06. The van der Waals surface area contributed by atoms with E-state index in [1.807, 2.05) is 24.3 Å². The molecule has 0 bridgehead atoms. The molecule has 1 heterocycles. The lowest BCUT2D eigenvalue weighted by molar-refractivity contribution is 0.405. The van der Waals surface area contributed by atoms with Crippen LogP contribution in [0.5, 0.6) is 0 Å². The van der Waals surface area contributed by atoms with Gasteiger partial charge in [-0.15, -0.1) is 0 Å². The van der Waals surface area contributed by atoms with Crippen LogP contribution in [-0.2, 0) is 0 Å². The van der Waals surface area contributed by atoms with E-state index in [0.29, 0.717) is 5.95 Å². The number of anilines is 2. The molecule has 0 saturated heterocycles. The molecule has 1 aromatic carbocycles. The molecule has 5 nitrogen and oxygen atoms in total. The highest BCUT2D eigenvalue weighted by atomic mass is 15.1. The zero-order valence-corrected chi connectivity index (χ0v) is 15.0. The molecule has 0 aliphatic heterocycles. The number of hydrogen-bond acceptors (Lipinski definition) is 5. The SMILES string of the molecule is CCCCNc1cc(-c2ccccc2)nc(NCCCN(C)C)n1. The molecule has 0 saturated carbocycles. The van der Waals surface area contributed by atoms with Crippen LogP contribution in [0, 0.1) is 0 Å². The zero-order chi connectivity index (χ0) is 17.2.